The molecule has 0 radical (unpaired) electrons. The lowest BCUT2D eigenvalue weighted by atomic mass is 10.1. The number of hydrogen-bond acceptors (Lipinski definition) is 3. The van der Waals surface area contributed by atoms with Gasteiger partial charge in [-0.05, 0) is 25.3 Å². The Morgan fingerprint density at radius 2 is 2.09 bits per heavy atom. The average Bonchev–Trinajstić information content (AvgIpc) is 3.23. The highest BCUT2D eigenvalue weighted by Crippen LogP contribution is 2.44. The zero-order chi connectivity index (χ0) is 16.3. The second-order valence-electron chi connectivity index (χ2n) is 6.23. The van der Waals surface area contributed by atoms with E-state index in [1.807, 2.05) is 29.1 Å². The fourth-order valence-electron chi connectivity index (χ4n) is 2.50. The maximum atomic E-state index is 11.9. The largest absolute Gasteiger partial charge is 0.396 e. The summed E-state index contributed by atoms with van der Waals surface area (Å²) < 4.78 is 1.82. The first-order valence-electron chi connectivity index (χ1n) is 7.88. The third kappa shape index (κ3) is 3.71. The summed E-state index contributed by atoms with van der Waals surface area (Å²) in [5.41, 5.74) is 1.06. The zero-order valence-corrected chi connectivity index (χ0v) is 13.2. The quantitative estimate of drug-likeness (QED) is 0.766. The highest BCUT2D eigenvalue weighted by atomic mass is 16.3. The predicted molar refractivity (Wildman–Crippen MR) is 88.3 cm³/mol. The standard InChI is InChI=1S/C17H22N4O2/c1-13(14-5-3-2-4-6-14)21-10-7-15(20-21)19-16(23)18-11-17(12-22)8-9-17/h2-7,10,13,22H,8-9,11-12H2,1H3,(H2,18,19,20,23). The fourth-order valence-corrected chi connectivity index (χ4v) is 2.50. The minimum absolute atomic E-state index is 0.0962. The number of aromatic nitrogens is 2. The Hall–Kier alpha value is -2.34. The Balaban J connectivity index is 1.55. The van der Waals surface area contributed by atoms with Crippen LogP contribution in [-0.2, 0) is 0 Å². The normalized spacial score (nSPS) is 16.6. The minimum Gasteiger partial charge on any atom is -0.396 e. The number of benzene rings is 1. The molecular formula is C17H22N4O2. The third-order valence-corrected chi connectivity index (χ3v) is 4.45. The van der Waals surface area contributed by atoms with Crippen LogP contribution < -0.4 is 10.6 Å². The number of nitrogens with zero attached hydrogens (tertiary/aromatic N) is 2. The number of anilines is 1. The molecule has 2 amide bonds. The van der Waals surface area contributed by atoms with Crippen LogP contribution in [-0.4, -0.2) is 34.1 Å². The van der Waals surface area contributed by atoms with E-state index < -0.39 is 0 Å². The van der Waals surface area contributed by atoms with E-state index in [2.05, 4.69) is 34.8 Å². The number of rotatable bonds is 6. The van der Waals surface area contributed by atoms with Crippen molar-refractivity contribution >= 4 is 11.8 Å². The highest BCUT2D eigenvalue weighted by Gasteiger charge is 2.42. The van der Waals surface area contributed by atoms with Crippen molar-refractivity contribution in [2.45, 2.75) is 25.8 Å². The smallest absolute Gasteiger partial charge is 0.320 e. The van der Waals surface area contributed by atoms with Gasteiger partial charge in [-0.3, -0.25) is 10.00 Å². The topological polar surface area (TPSA) is 79.2 Å². The molecule has 122 valence electrons. The molecule has 0 spiro atoms. The SMILES string of the molecule is CC(c1ccccc1)n1ccc(NC(=O)NCC2(CO)CC2)n1. The number of hydrogen-bond donors (Lipinski definition) is 3. The van der Waals surface area contributed by atoms with E-state index in [1.54, 1.807) is 6.07 Å². The Bertz CT molecular complexity index is 664. The minimum atomic E-state index is -0.290. The Labute approximate surface area is 135 Å². The van der Waals surface area contributed by atoms with Crippen molar-refractivity contribution in [1.29, 1.82) is 0 Å². The van der Waals surface area contributed by atoms with E-state index >= 15 is 0 Å². The molecule has 6 heteroatoms. The second kappa shape index (κ2) is 6.42. The highest BCUT2D eigenvalue weighted by molar-refractivity contribution is 5.88. The molecule has 3 N–H and O–H groups in total. The van der Waals surface area contributed by atoms with Crippen LogP contribution in [0.25, 0.3) is 0 Å². The van der Waals surface area contributed by atoms with Crippen LogP contribution in [0.5, 0.6) is 0 Å². The molecule has 0 aliphatic heterocycles. The van der Waals surface area contributed by atoms with Gasteiger partial charge in [0, 0.05) is 24.2 Å². The van der Waals surface area contributed by atoms with Gasteiger partial charge in [-0.1, -0.05) is 30.3 Å². The van der Waals surface area contributed by atoms with Gasteiger partial charge in [0.05, 0.1) is 12.6 Å². The Morgan fingerprint density at radius 3 is 2.74 bits per heavy atom. The molecule has 1 fully saturated rings. The molecule has 1 unspecified atom stereocenters. The van der Waals surface area contributed by atoms with Crippen molar-refractivity contribution < 1.29 is 9.90 Å². The van der Waals surface area contributed by atoms with Gasteiger partial charge in [-0.15, -0.1) is 0 Å². The Morgan fingerprint density at radius 1 is 1.35 bits per heavy atom. The van der Waals surface area contributed by atoms with Crippen molar-refractivity contribution in [1.82, 2.24) is 15.1 Å². The van der Waals surface area contributed by atoms with E-state index in [9.17, 15) is 9.90 Å². The summed E-state index contributed by atoms with van der Waals surface area (Å²) in [5.74, 6) is 0.513. The van der Waals surface area contributed by atoms with E-state index in [-0.39, 0.29) is 24.1 Å². The number of amides is 2. The van der Waals surface area contributed by atoms with Gasteiger partial charge in [0.15, 0.2) is 5.82 Å². The van der Waals surface area contributed by atoms with Crippen molar-refractivity contribution in [2.24, 2.45) is 5.41 Å². The molecule has 1 heterocycles. The monoisotopic (exact) mass is 314 g/mol. The van der Waals surface area contributed by atoms with Gasteiger partial charge < -0.3 is 10.4 Å². The molecule has 0 saturated heterocycles. The molecule has 6 nitrogen and oxygen atoms in total. The number of urea groups is 1. The summed E-state index contributed by atoms with van der Waals surface area (Å²) in [6, 6.07) is 11.7. The maximum Gasteiger partial charge on any atom is 0.320 e. The lowest BCUT2D eigenvalue weighted by Crippen LogP contribution is -2.35. The molecule has 1 aliphatic rings. The molecule has 1 aliphatic carbocycles. The molecular weight excluding hydrogens is 292 g/mol. The van der Waals surface area contributed by atoms with E-state index in [0.29, 0.717) is 12.4 Å². The molecule has 0 bridgehead atoms. The molecule has 1 aromatic heterocycles. The van der Waals surface area contributed by atoms with Crippen LogP contribution >= 0.6 is 0 Å². The molecule has 1 aromatic carbocycles. The molecule has 2 aromatic rings. The summed E-state index contributed by atoms with van der Waals surface area (Å²) in [6.45, 7) is 2.68. The van der Waals surface area contributed by atoms with Crippen LogP contribution in [0.3, 0.4) is 0 Å². The summed E-state index contributed by atoms with van der Waals surface area (Å²) in [4.78, 5) is 11.9. The first kappa shape index (κ1) is 15.6. The maximum absolute atomic E-state index is 11.9. The molecule has 23 heavy (non-hydrogen) atoms. The second-order valence-corrected chi connectivity index (χ2v) is 6.23. The lowest BCUT2D eigenvalue weighted by molar-refractivity contribution is 0.206. The number of carbonyl (C=O) groups excluding carboxylic acids is 1. The molecule has 1 saturated carbocycles. The zero-order valence-electron chi connectivity index (χ0n) is 13.2. The first-order valence-corrected chi connectivity index (χ1v) is 7.88. The first-order chi connectivity index (χ1) is 11.1. The number of aliphatic hydroxyl groups excluding tert-OH is 1. The van der Waals surface area contributed by atoms with Crippen molar-refractivity contribution in [3.8, 4) is 0 Å². The van der Waals surface area contributed by atoms with Crippen LogP contribution in [0.15, 0.2) is 42.6 Å². The van der Waals surface area contributed by atoms with Crippen LogP contribution in [0.1, 0.15) is 31.4 Å². The number of aliphatic hydroxyl groups is 1. The summed E-state index contributed by atoms with van der Waals surface area (Å²) in [5, 5.41) is 19.2. The van der Waals surface area contributed by atoms with Crippen molar-refractivity contribution in [3.05, 3.63) is 48.2 Å². The van der Waals surface area contributed by atoms with Gasteiger partial charge in [0.2, 0.25) is 0 Å². The van der Waals surface area contributed by atoms with Gasteiger partial charge in [-0.25, -0.2) is 4.79 Å². The number of carbonyl (C=O) groups is 1. The van der Waals surface area contributed by atoms with Crippen LogP contribution in [0.2, 0.25) is 0 Å². The van der Waals surface area contributed by atoms with Gasteiger partial charge in [-0.2, -0.15) is 5.10 Å². The van der Waals surface area contributed by atoms with E-state index in [0.717, 1.165) is 18.4 Å². The lowest BCUT2D eigenvalue weighted by Gasteiger charge is -2.13. The fraction of sp³-hybridized carbons (Fsp3) is 0.412. The van der Waals surface area contributed by atoms with Gasteiger partial charge >= 0.3 is 6.03 Å². The third-order valence-electron chi connectivity index (χ3n) is 4.45. The van der Waals surface area contributed by atoms with E-state index in [4.69, 9.17) is 0 Å². The predicted octanol–water partition coefficient (Wildman–Crippen LogP) is 2.39. The average molecular weight is 314 g/mol. The van der Waals surface area contributed by atoms with Crippen molar-refractivity contribution in [3.63, 3.8) is 0 Å². The molecule has 3 rings (SSSR count). The van der Waals surface area contributed by atoms with Gasteiger partial charge in [0.25, 0.3) is 0 Å². The van der Waals surface area contributed by atoms with Crippen molar-refractivity contribution in [2.75, 3.05) is 18.5 Å². The molecule has 1 atom stereocenters. The summed E-state index contributed by atoms with van der Waals surface area (Å²) in [7, 11) is 0. The van der Waals surface area contributed by atoms with Gasteiger partial charge in [0.1, 0.15) is 0 Å². The number of nitrogens with one attached hydrogen (secondary N) is 2. The van der Waals surface area contributed by atoms with Crippen LogP contribution in [0, 0.1) is 5.41 Å². The van der Waals surface area contributed by atoms with Crippen LogP contribution in [0.4, 0.5) is 10.6 Å². The summed E-state index contributed by atoms with van der Waals surface area (Å²) in [6.07, 6.45) is 3.78. The van der Waals surface area contributed by atoms with E-state index in [1.165, 1.54) is 0 Å². The Kier molecular flexibility index (Phi) is 4.34. The summed E-state index contributed by atoms with van der Waals surface area (Å²) >= 11 is 0.